The van der Waals surface area contributed by atoms with Gasteiger partial charge in [-0.1, -0.05) is 25.7 Å². The van der Waals surface area contributed by atoms with Crippen LogP contribution in [0, 0.1) is 5.92 Å². The van der Waals surface area contributed by atoms with Crippen LogP contribution in [0.15, 0.2) is 6.20 Å². The number of aromatic nitrogens is 2. The second kappa shape index (κ2) is 6.30. The second-order valence-electron chi connectivity index (χ2n) is 6.82. The summed E-state index contributed by atoms with van der Waals surface area (Å²) in [5.41, 5.74) is 2.90. The van der Waals surface area contributed by atoms with Crippen molar-refractivity contribution in [2.75, 3.05) is 0 Å². The summed E-state index contributed by atoms with van der Waals surface area (Å²) in [5, 5.41) is 8.39. The maximum Gasteiger partial charge on any atom is 0.0540 e. The lowest BCUT2D eigenvalue weighted by atomic mass is 9.88. The molecule has 112 valence electrons. The molecule has 0 amide bonds. The zero-order valence-corrected chi connectivity index (χ0v) is 13.1. The number of rotatable bonds is 3. The van der Waals surface area contributed by atoms with Crippen molar-refractivity contribution in [3.63, 3.8) is 0 Å². The zero-order valence-electron chi connectivity index (χ0n) is 13.1. The van der Waals surface area contributed by atoms with Crippen molar-refractivity contribution >= 4 is 0 Å². The molecule has 1 N–H and O–H groups in total. The van der Waals surface area contributed by atoms with Gasteiger partial charge >= 0.3 is 0 Å². The van der Waals surface area contributed by atoms with Crippen LogP contribution in [-0.4, -0.2) is 15.8 Å². The monoisotopic (exact) mass is 275 g/mol. The van der Waals surface area contributed by atoms with Crippen molar-refractivity contribution in [1.29, 1.82) is 0 Å². The number of aryl methyl sites for hydroxylation is 1. The summed E-state index contributed by atoms with van der Waals surface area (Å²) in [7, 11) is 2.08. The van der Waals surface area contributed by atoms with Crippen molar-refractivity contribution in [2.45, 2.75) is 76.8 Å². The molecule has 2 aliphatic carbocycles. The van der Waals surface area contributed by atoms with Crippen molar-refractivity contribution in [2.24, 2.45) is 13.0 Å². The molecule has 2 aliphatic rings. The molecule has 1 heterocycles. The average molecular weight is 275 g/mol. The average Bonchev–Trinajstić information content (AvgIpc) is 2.68. The van der Waals surface area contributed by atoms with Gasteiger partial charge in [-0.2, -0.15) is 5.10 Å². The Hall–Kier alpha value is -0.830. The van der Waals surface area contributed by atoms with Crippen LogP contribution < -0.4 is 5.32 Å². The second-order valence-corrected chi connectivity index (χ2v) is 6.82. The largest absolute Gasteiger partial charge is 0.307 e. The molecule has 0 bridgehead atoms. The van der Waals surface area contributed by atoms with Crippen LogP contribution in [0.5, 0.6) is 0 Å². The SMILES string of the molecule is C[C@@H](NC1CCCc2c1cnn2C)C1CCCCCC1. The smallest absolute Gasteiger partial charge is 0.0540 e. The third kappa shape index (κ3) is 2.93. The number of nitrogens with zero attached hydrogens (tertiary/aromatic N) is 2. The maximum atomic E-state index is 4.46. The standard InChI is InChI=1S/C17H29N3/c1-13(14-8-5-3-4-6-9-14)19-16-10-7-11-17-15(16)12-18-20(17)2/h12-14,16,19H,3-11H2,1-2H3/t13-,16?/m1/s1. The predicted molar refractivity (Wildman–Crippen MR) is 82.7 cm³/mol. The lowest BCUT2D eigenvalue weighted by Crippen LogP contribution is -2.37. The summed E-state index contributed by atoms with van der Waals surface area (Å²) in [6.45, 7) is 2.40. The molecule has 3 rings (SSSR count). The van der Waals surface area contributed by atoms with Crippen molar-refractivity contribution < 1.29 is 0 Å². The quantitative estimate of drug-likeness (QED) is 0.852. The van der Waals surface area contributed by atoms with E-state index in [-0.39, 0.29) is 0 Å². The van der Waals surface area contributed by atoms with Gasteiger partial charge in [0, 0.05) is 30.4 Å². The minimum Gasteiger partial charge on any atom is -0.307 e. The van der Waals surface area contributed by atoms with Gasteiger partial charge in [-0.3, -0.25) is 4.68 Å². The third-order valence-corrected chi connectivity index (χ3v) is 5.45. The van der Waals surface area contributed by atoms with Gasteiger partial charge in [0.15, 0.2) is 0 Å². The first-order valence-electron chi connectivity index (χ1n) is 8.52. The molecule has 1 aromatic rings. The Bertz CT molecular complexity index is 429. The van der Waals surface area contributed by atoms with Crippen LogP contribution in [0.25, 0.3) is 0 Å². The lowest BCUT2D eigenvalue weighted by molar-refractivity contribution is 0.296. The normalized spacial score (nSPS) is 26.0. The highest BCUT2D eigenvalue weighted by molar-refractivity contribution is 5.24. The summed E-state index contributed by atoms with van der Waals surface area (Å²) in [4.78, 5) is 0. The number of nitrogens with one attached hydrogen (secondary N) is 1. The van der Waals surface area contributed by atoms with E-state index in [0.717, 1.165) is 5.92 Å². The highest BCUT2D eigenvalue weighted by Gasteiger charge is 2.27. The zero-order chi connectivity index (χ0) is 13.9. The van der Waals surface area contributed by atoms with Gasteiger partial charge in [0.25, 0.3) is 0 Å². The minimum atomic E-state index is 0.533. The molecule has 3 nitrogen and oxygen atoms in total. The van der Waals surface area contributed by atoms with E-state index < -0.39 is 0 Å². The fourth-order valence-corrected chi connectivity index (χ4v) is 4.14. The van der Waals surface area contributed by atoms with Gasteiger partial charge < -0.3 is 5.32 Å². The molecule has 0 saturated heterocycles. The van der Waals surface area contributed by atoms with Crippen molar-refractivity contribution in [3.05, 3.63) is 17.5 Å². The van der Waals surface area contributed by atoms with Gasteiger partial charge in [0.1, 0.15) is 0 Å². The Morgan fingerprint density at radius 3 is 2.65 bits per heavy atom. The van der Waals surface area contributed by atoms with Gasteiger partial charge in [0.2, 0.25) is 0 Å². The third-order valence-electron chi connectivity index (χ3n) is 5.45. The first kappa shape index (κ1) is 14.1. The van der Waals surface area contributed by atoms with Crippen LogP contribution >= 0.6 is 0 Å². The molecule has 3 heteroatoms. The van der Waals surface area contributed by atoms with Gasteiger partial charge in [-0.15, -0.1) is 0 Å². The summed E-state index contributed by atoms with van der Waals surface area (Å²) in [6, 6.07) is 1.18. The predicted octanol–water partition coefficient (Wildman–Crippen LogP) is 3.75. The Morgan fingerprint density at radius 2 is 1.90 bits per heavy atom. The van der Waals surface area contributed by atoms with E-state index in [1.54, 1.807) is 0 Å². The highest BCUT2D eigenvalue weighted by Crippen LogP contribution is 2.32. The van der Waals surface area contributed by atoms with Crippen molar-refractivity contribution in [3.8, 4) is 0 Å². The molecular weight excluding hydrogens is 246 g/mol. The van der Waals surface area contributed by atoms with Crippen LogP contribution in [-0.2, 0) is 13.5 Å². The summed E-state index contributed by atoms with van der Waals surface area (Å²) in [5.74, 6) is 0.875. The summed E-state index contributed by atoms with van der Waals surface area (Å²) in [6.07, 6.45) is 14.4. The molecule has 1 unspecified atom stereocenters. The highest BCUT2D eigenvalue weighted by atomic mass is 15.3. The molecule has 1 saturated carbocycles. The van der Waals surface area contributed by atoms with E-state index in [9.17, 15) is 0 Å². The topological polar surface area (TPSA) is 29.9 Å². The van der Waals surface area contributed by atoms with Crippen LogP contribution in [0.4, 0.5) is 0 Å². The van der Waals surface area contributed by atoms with E-state index in [1.165, 1.54) is 69.0 Å². The Labute approximate surface area is 123 Å². The van der Waals surface area contributed by atoms with E-state index in [1.807, 2.05) is 0 Å². The number of hydrogen-bond acceptors (Lipinski definition) is 2. The fraction of sp³-hybridized carbons (Fsp3) is 0.824. The summed E-state index contributed by atoms with van der Waals surface area (Å²) >= 11 is 0. The van der Waals surface area contributed by atoms with Gasteiger partial charge in [-0.25, -0.2) is 0 Å². The van der Waals surface area contributed by atoms with E-state index in [4.69, 9.17) is 0 Å². The van der Waals surface area contributed by atoms with Crippen LogP contribution in [0.3, 0.4) is 0 Å². The van der Waals surface area contributed by atoms with Gasteiger partial charge in [-0.05, 0) is 44.9 Å². The number of fused-ring (bicyclic) bond motifs is 1. The molecule has 0 radical (unpaired) electrons. The Morgan fingerprint density at radius 1 is 1.15 bits per heavy atom. The van der Waals surface area contributed by atoms with E-state index >= 15 is 0 Å². The Balaban J connectivity index is 1.65. The maximum absolute atomic E-state index is 4.46. The van der Waals surface area contributed by atoms with E-state index in [0.29, 0.717) is 12.1 Å². The van der Waals surface area contributed by atoms with Crippen molar-refractivity contribution in [1.82, 2.24) is 15.1 Å². The van der Waals surface area contributed by atoms with E-state index in [2.05, 4.69) is 35.3 Å². The van der Waals surface area contributed by atoms with Crippen LogP contribution in [0.2, 0.25) is 0 Å². The Kier molecular flexibility index (Phi) is 4.45. The first-order valence-corrected chi connectivity index (χ1v) is 8.52. The molecule has 0 aliphatic heterocycles. The first-order chi connectivity index (χ1) is 9.75. The van der Waals surface area contributed by atoms with Crippen LogP contribution in [0.1, 0.15) is 75.6 Å². The fourth-order valence-electron chi connectivity index (χ4n) is 4.14. The summed E-state index contributed by atoms with van der Waals surface area (Å²) < 4.78 is 2.07. The number of hydrogen-bond donors (Lipinski definition) is 1. The molecule has 0 spiro atoms. The molecule has 0 aromatic carbocycles. The molecule has 2 atom stereocenters. The molecule has 20 heavy (non-hydrogen) atoms. The molecular formula is C17H29N3. The molecule has 1 fully saturated rings. The lowest BCUT2D eigenvalue weighted by Gasteiger charge is -2.31. The minimum absolute atomic E-state index is 0.533. The molecule has 1 aromatic heterocycles. The van der Waals surface area contributed by atoms with Gasteiger partial charge in [0.05, 0.1) is 6.20 Å².